The average Bonchev–Trinajstić information content (AvgIpc) is 4.02. The van der Waals surface area contributed by atoms with E-state index in [0.29, 0.717) is 11.8 Å². The van der Waals surface area contributed by atoms with Gasteiger partial charge in [-0.2, -0.15) is 9.97 Å². The van der Waals surface area contributed by atoms with E-state index in [0.717, 1.165) is 94.8 Å². The largest absolute Gasteiger partial charge is 0.456 e. The molecule has 13 rings (SSSR count). The summed E-state index contributed by atoms with van der Waals surface area (Å²) in [5, 5.41) is 6.73. The Balaban J connectivity index is 1.11. The number of furan rings is 1. The Morgan fingerprint density at radius 2 is 1.10 bits per heavy atom. The van der Waals surface area contributed by atoms with Crippen LogP contribution in [0, 0.1) is 0 Å². The van der Waals surface area contributed by atoms with Crippen LogP contribution in [0.3, 0.4) is 0 Å². The van der Waals surface area contributed by atoms with Crippen LogP contribution in [0.25, 0.3) is 111 Å². The van der Waals surface area contributed by atoms with Gasteiger partial charge in [-0.1, -0.05) is 164 Å². The zero-order valence-corrected chi connectivity index (χ0v) is 34.1. The zero-order chi connectivity index (χ0) is 41.4. The van der Waals surface area contributed by atoms with Crippen LogP contribution in [0.15, 0.2) is 211 Å². The highest BCUT2D eigenvalue weighted by atomic mass is 16.3. The van der Waals surface area contributed by atoms with E-state index in [2.05, 4.69) is 197 Å². The molecule has 1 aliphatic rings. The Labute approximate surface area is 362 Å². The highest BCUT2D eigenvalue weighted by Gasteiger charge is 2.25. The van der Waals surface area contributed by atoms with Crippen LogP contribution < -0.4 is 0 Å². The summed E-state index contributed by atoms with van der Waals surface area (Å²) in [6.07, 6.45) is 9.36. The number of nitrogens with zero attached hydrogens (tertiary/aromatic N) is 5. The van der Waals surface area contributed by atoms with Crippen molar-refractivity contribution in [2.24, 2.45) is 0 Å². The summed E-state index contributed by atoms with van der Waals surface area (Å²) in [6, 6.07) is 64.6. The van der Waals surface area contributed by atoms with Crippen molar-refractivity contribution >= 4 is 65.6 Å². The predicted molar refractivity (Wildman–Crippen MR) is 258 cm³/mol. The summed E-state index contributed by atoms with van der Waals surface area (Å²) in [5.74, 6) is 1.88. The maximum absolute atomic E-state index is 6.38. The first-order chi connectivity index (χ1) is 31.2. The molecule has 8 aromatic carbocycles. The second-order valence-electron chi connectivity index (χ2n) is 16.3. The Bertz CT molecular complexity index is 3850. The first-order valence-electron chi connectivity index (χ1n) is 21.5. The van der Waals surface area contributed by atoms with E-state index in [9.17, 15) is 0 Å². The second kappa shape index (κ2) is 14.1. The van der Waals surface area contributed by atoms with Crippen molar-refractivity contribution < 1.29 is 4.42 Å². The highest BCUT2D eigenvalue weighted by Crippen LogP contribution is 2.43. The van der Waals surface area contributed by atoms with Crippen molar-refractivity contribution in [3.05, 3.63) is 212 Å². The van der Waals surface area contributed by atoms with Crippen LogP contribution in [0.1, 0.15) is 18.2 Å². The Morgan fingerprint density at radius 3 is 1.90 bits per heavy atom. The quantitative estimate of drug-likeness (QED) is 0.168. The first-order valence-corrected chi connectivity index (χ1v) is 21.5. The molecule has 296 valence electrons. The van der Waals surface area contributed by atoms with Crippen LogP contribution in [-0.4, -0.2) is 24.1 Å². The lowest BCUT2D eigenvalue weighted by atomic mass is 9.98. The molecule has 4 aromatic heterocycles. The molecule has 1 unspecified atom stereocenters. The van der Waals surface area contributed by atoms with E-state index in [1.807, 2.05) is 18.2 Å². The van der Waals surface area contributed by atoms with Gasteiger partial charge in [0.25, 0.3) is 0 Å². The number of benzene rings is 8. The Hall–Kier alpha value is -8.35. The van der Waals surface area contributed by atoms with Crippen molar-refractivity contribution in [1.82, 2.24) is 24.1 Å². The minimum absolute atomic E-state index is 0.0106. The predicted octanol–water partition coefficient (Wildman–Crippen LogP) is 14.6. The Morgan fingerprint density at radius 1 is 0.444 bits per heavy atom. The van der Waals surface area contributed by atoms with Crippen LogP contribution in [0.4, 0.5) is 0 Å². The third kappa shape index (κ3) is 5.62. The van der Waals surface area contributed by atoms with Gasteiger partial charge in [-0.25, -0.2) is 4.98 Å². The van der Waals surface area contributed by atoms with Gasteiger partial charge >= 0.3 is 0 Å². The smallest absolute Gasteiger partial charge is 0.238 e. The van der Waals surface area contributed by atoms with Gasteiger partial charge in [-0.05, 0) is 65.6 Å². The fourth-order valence-corrected chi connectivity index (χ4v) is 9.78. The number of hydrogen-bond acceptors (Lipinski definition) is 4. The van der Waals surface area contributed by atoms with Gasteiger partial charge in [0.2, 0.25) is 5.95 Å². The Kier molecular flexibility index (Phi) is 7.93. The van der Waals surface area contributed by atoms with Crippen molar-refractivity contribution in [2.45, 2.75) is 12.3 Å². The van der Waals surface area contributed by atoms with Crippen molar-refractivity contribution in [2.75, 3.05) is 0 Å². The average molecular weight is 808 g/mol. The molecule has 0 radical (unpaired) electrons. The molecule has 63 heavy (non-hydrogen) atoms. The SMILES string of the molecule is C1=CCC(c2nc(-c3ccc4c(c3)oc3ccccc34)nc(-n3c4ccccc4c4ccc5c6ccccc6n(-c6ccccc6-c6cccc(-c7ccccc7)c6)c5c43)n2)C=C1. The fourth-order valence-electron chi connectivity index (χ4n) is 9.78. The monoisotopic (exact) mass is 807 g/mol. The summed E-state index contributed by atoms with van der Waals surface area (Å²) in [5.41, 5.74) is 12.5. The van der Waals surface area contributed by atoms with Gasteiger partial charge in [0.1, 0.15) is 17.0 Å². The van der Waals surface area contributed by atoms with Crippen LogP contribution >= 0.6 is 0 Å². The number of para-hydroxylation sites is 4. The summed E-state index contributed by atoms with van der Waals surface area (Å²) < 4.78 is 11.1. The molecule has 0 saturated heterocycles. The normalized spacial score (nSPS) is 14.0. The molecule has 0 saturated carbocycles. The van der Waals surface area contributed by atoms with Gasteiger partial charge < -0.3 is 8.98 Å². The van der Waals surface area contributed by atoms with Gasteiger partial charge in [-0.3, -0.25) is 4.57 Å². The summed E-state index contributed by atoms with van der Waals surface area (Å²) in [6.45, 7) is 0. The molecule has 0 bridgehead atoms. The van der Waals surface area contributed by atoms with Crippen LogP contribution in [0.5, 0.6) is 0 Å². The van der Waals surface area contributed by atoms with E-state index >= 15 is 0 Å². The van der Waals surface area contributed by atoms with Gasteiger partial charge in [0.05, 0.1) is 27.8 Å². The zero-order valence-electron chi connectivity index (χ0n) is 34.1. The lowest BCUT2D eigenvalue weighted by molar-refractivity contribution is 0.669. The maximum Gasteiger partial charge on any atom is 0.238 e. The second-order valence-corrected chi connectivity index (χ2v) is 16.3. The summed E-state index contributed by atoms with van der Waals surface area (Å²) >= 11 is 0. The van der Waals surface area contributed by atoms with Crippen molar-refractivity contribution in [1.29, 1.82) is 0 Å². The molecule has 0 N–H and O–H groups in total. The number of rotatable bonds is 6. The van der Waals surface area contributed by atoms with E-state index in [1.54, 1.807) is 0 Å². The molecule has 0 spiro atoms. The van der Waals surface area contributed by atoms with Crippen molar-refractivity contribution in [3.63, 3.8) is 0 Å². The third-order valence-electron chi connectivity index (χ3n) is 12.7. The lowest BCUT2D eigenvalue weighted by Crippen LogP contribution is -2.11. The minimum Gasteiger partial charge on any atom is -0.456 e. The molecule has 6 heteroatoms. The molecule has 1 aliphatic carbocycles. The molecule has 0 aliphatic heterocycles. The van der Waals surface area contributed by atoms with E-state index in [-0.39, 0.29) is 5.92 Å². The maximum atomic E-state index is 6.38. The van der Waals surface area contributed by atoms with Crippen LogP contribution in [-0.2, 0) is 0 Å². The molecule has 4 heterocycles. The van der Waals surface area contributed by atoms with Crippen molar-refractivity contribution in [3.8, 4) is 45.3 Å². The number of hydrogen-bond donors (Lipinski definition) is 0. The summed E-state index contributed by atoms with van der Waals surface area (Å²) in [7, 11) is 0. The highest BCUT2D eigenvalue weighted by molar-refractivity contribution is 6.24. The van der Waals surface area contributed by atoms with E-state index in [1.165, 1.54) is 16.5 Å². The topological polar surface area (TPSA) is 61.7 Å². The summed E-state index contributed by atoms with van der Waals surface area (Å²) in [4.78, 5) is 16.1. The molecule has 0 amide bonds. The number of fused-ring (bicyclic) bond motifs is 10. The molecule has 1 atom stereocenters. The number of allylic oxidation sites excluding steroid dienone is 4. The fraction of sp³-hybridized carbons (Fsp3) is 0.0351. The number of aromatic nitrogens is 5. The minimum atomic E-state index is -0.0106. The molecular weight excluding hydrogens is 771 g/mol. The van der Waals surface area contributed by atoms with Gasteiger partial charge in [-0.15, -0.1) is 0 Å². The lowest BCUT2D eigenvalue weighted by Gasteiger charge is -2.17. The van der Waals surface area contributed by atoms with E-state index in [4.69, 9.17) is 19.4 Å². The first kappa shape index (κ1) is 35.4. The molecular formula is C57H37N5O. The standard InChI is InChI=1S/C57H37N5O/c1-3-16-36(17-4-1)38-20-15-21-39(34-38)41-22-7-11-26-48(41)61-49-27-12-8-23-42(49)46-32-33-47-43-24-9-13-28-50(43)62(54(47)53(46)61)57-59-55(37-18-5-2-6-19-37)58-56(60-57)40-30-31-45-44-25-10-14-29-51(44)63-52(45)35-40/h1-18,20-35,37H,19H2. The van der Waals surface area contributed by atoms with Gasteiger partial charge in [0, 0.05) is 49.4 Å². The van der Waals surface area contributed by atoms with Crippen LogP contribution in [0.2, 0.25) is 0 Å². The molecule has 0 fully saturated rings. The van der Waals surface area contributed by atoms with E-state index < -0.39 is 0 Å². The third-order valence-corrected chi connectivity index (χ3v) is 12.7. The van der Waals surface area contributed by atoms with Gasteiger partial charge in [0.15, 0.2) is 5.82 Å². The molecule has 6 nitrogen and oxygen atoms in total. The molecule has 12 aromatic rings.